The number of carbonyl (C=O) groups excluding carboxylic acids is 1. The number of methoxy groups -OCH3 is 3. The van der Waals surface area contributed by atoms with Gasteiger partial charge in [-0.05, 0) is 60.1 Å². The third-order valence-electron chi connectivity index (χ3n) is 4.86. The summed E-state index contributed by atoms with van der Waals surface area (Å²) in [6.07, 6.45) is 3.59. The first-order valence-corrected chi connectivity index (χ1v) is 9.29. The summed E-state index contributed by atoms with van der Waals surface area (Å²) in [5, 5.41) is 2.98. The average molecular weight is 369 g/mol. The second-order valence-corrected chi connectivity index (χ2v) is 6.82. The number of rotatable bonds is 9. The molecule has 3 rings (SSSR count). The molecule has 1 aliphatic carbocycles. The molecular weight excluding hydrogens is 342 g/mol. The van der Waals surface area contributed by atoms with E-state index in [1.807, 2.05) is 18.2 Å². The molecular formula is C22H27NO4. The van der Waals surface area contributed by atoms with Crippen molar-refractivity contribution in [2.24, 2.45) is 0 Å². The Balaban J connectivity index is 1.51. The second kappa shape index (κ2) is 8.80. The quantitative estimate of drug-likeness (QED) is 0.735. The van der Waals surface area contributed by atoms with Gasteiger partial charge in [0.2, 0.25) is 5.91 Å². The van der Waals surface area contributed by atoms with Gasteiger partial charge in [0.25, 0.3) is 0 Å². The van der Waals surface area contributed by atoms with Crippen LogP contribution < -0.4 is 19.5 Å². The van der Waals surface area contributed by atoms with Crippen molar-refractivity contribution in [3.8, 4) is 17.2 Å². The Hall–Kier alpha value is -2.69. The van der Waals surface area contributed by atoms with Crippen LogP contribution >= 0.6 is 0 Å². The number of benzene rings is 2. The van der Waals surface area contributed by atoms with Crippen molar-refractivity contribution in [3.63, 3.8) is 0 Å². The van der Waals surface area contributed by atoms with Crippen molar-refractivity contribution in [2.75, 3.05) is 27.9 Å². The molecule has 0 aliphatic heterocycles. The van der Waals surface area contributed by atoms with Gasteiger partial charge in [-0.25, -0.2) is 0 Å². The molecule has 1 saturated carbocycles. The SMILES string of the molecule is COc1ccc(CC(=O)NCCc2ccc(C3CC3)c(OC)c2)cc1OC. The van der Waals surface area contributed by atoms with Crippen LogP contribution in [0.3, 0.4) is 0 Å². The maximum Gasteiger partial charge on any atom is 0.224 e. The Labute approximate surface area is 160 Å². The summed E-state index contributed by atoms with van der Waals surface area (Å²) in [5.41, 5.74) is 3.36. The fourth-order valence-corrected chi connectivity index (χ4v) is 3.23. The zero-order chi connectivity index (χ0) is 19.2. The van der Waals surface area contributed by atoms with Crippen LogP contribution in [0.5, 0.6) is 17.2 Å². The molecule has 0 unspecified atom stereocenters. The Morgan fingerprint density at radius 1 is 0.926 bits per heavy atom. The minimum atomic E-state index is -0.0104. The summed E-state index contributed by atoms with van der Waals surface area (Å²) in [7, 11) is 4.90. The van der Waals surface area contributed by atoms with Crippen LogP contribution in [-0.2, 0) is 17.6 Å². The highest BCUT2D eigenvalue weighted by Gasteiger charge is 2.26. The first-order valence-electron chi connectivity index (χ1n) is 9.29. The number of ether oxygens (including phenoxy) is 3. The summed E-state index contributed by atoms with van der Waals surface area (Å²) in [6, 6.07) is 11.9. The van der Waals surface area contributed by atoms with Crippen molar-refractivity contribution in [1.82, 2.24) is 5.32 Å². The molecule has 144 valence electrons. The van der Waals surface area contributed by atoms with Crippen molar-refractivity contribution in [1.29, 1.82) is 0 Å². The Morgan fingerprint density at radius 2 is 1.59 bits per heavy atom. The third kappa shape index (κ3) is 4.94. The highest BCUT2D eigenvalue weighted by Crippen LogP contribution is 2.44. The molecule has 2 aromatic rings. The second-order valence-electron chi connectivity index (χ2n) is 6.82. The van der Waals surface area contributed by atoms with Gasteiger partial charge in [-0.1, -0.05) is 18.2 Å². The zero-order valence-corrected chi connectivity index (χ0v) is 16.2. The Bertz CT molecular complexity index is 799. The third-order valence-corrected chi connectivity index (χ3v) is 4.86. The van der Waals surface area contributed by atoms with Gasteiger partial charge in [0, 0.05) is 6.54 Å². The highest BCUT2D eigenvalue weighted by atomic mass is 16.5. The highest BCUT2D eigenvalue weighted by molar-refractivity contribution is 5.78. The molecule has 5 nitrogen and oxygen atoms in total. The minimum absolute atomic E-state index is 0.0104. The van der Waals surface area contributed by atoms with Gasteiger partial charge in [-0.2, -0.15) is 0 Å². The molecule has 0 saturated heterocycles. The standard InChI is InChI=1S/C22H27NO4/c1-25-19-9-5-16(13-21(19)27-3)14-22(24)23-11-10-15-4-8-18(17-6-7-17)20(12-15)26-2/h4-5,8-9,12-13,17H,6-7,10-11,14H2,1-3H3,(H,23,24). The van der Waals surface area contributed by atoms with E-state index in [0.717, 1.165) is 17.7 Å². The topological polar surface area (TPSA) is 56.8 Å². The number of amides is 1. The van der Waals surface area contributed by atoms with Crippen LogP contribution in [0.1, 0.15) is 35.4 Å². The van der Waals surface area contributed by atoms with Crippen LogP contribution in [0, 0.1) is 0 Å². The van der Waals surface area contributed by atoms with Crippen molar-refractivity contribution in [3.05, 3.63) is 53.1 Å². The molecule has 2 aromatic carbocycles. The van der Waals surface area contributed by atoms with Gasteiger partial charge >= 0.3 is 0 Å². The van der Waals surface area contributed by atoms with Gasteiger partial charge in [0.05, 0.1) is 27.8 Å². The summed E-state index contributed by atoms with van der Waals surface area (Å²) in [6.45, 7) is 0.595. The summed E-state index contributed by atoms with van der Waals surface area (Å²) >= 11 is 0. The largest absolute Gasteiger partial charge is 0.496 e. The summed E-state index contributed by atoms with van der Waals surface area (Å²) in [5.74, 6) is 2.90. The molecule has 0 radical (unpaired) electrons. The lowest BCUT2D eigenvalue weighted by atomic mass is 10.0. The van der Waals surface area contributed by atoms with Crippen LogP contribution in [0.25, 0.3) is 0 Å². The lowest BCUT2D eigenvalue weighted by molar-refractivity contribution is -0.120. The van der Waals surface area contributed by atoms with Crippen LogP contribution in [0.4, 0.5) is 0 Å². The van der Waals surface area contributed by atoms with Crippen LogP contribution in [0.15, 0.2) is 36.4 Å². The molecule has 0 atom stereocenters. The van der Waals surface area contributed by atoms with E-state index in [4.69, 9.17) is 14.2 Å². The van der Waals surface area contributed by atoms with E-state index in [2.05, 4.69) is 23.5 Å². The van der Waals surface area contributed by atoms with Gasteiger partial charge in [0.1, 0.15) is 5.75 Å². The number of hydrogen-bond donors (Lipinski definition) is 1. The first kappa shape index (κ1) is 19.1. The summed E-state index contributed by atoms with van der Waals surface area (Å²) < 4.78 is 16.0. The maximum atomic E-state index is 12.2. The van der Waals surface area contributed by atoms with Gasteiger partial charge in [-0.3, -0.25) is 4.79 Å². The fourth-order valence-electron chi connectivity index (χ4n) is 3.23. The molecule has 1 aliphatic rings. The van der Waals surface area contributed by atoms with Crippen LogP contribution in [0.2, 0.25) is 0 Å². The molecule has 1 N–H and O–H groups in total. The smallest absolute Gasteiger partial charge is 0.224 e. The van der Waals surface area contributed by atoms with Crippen molar-refractivity contribution < 1.29 is 19.0 Å². The first-order chi connectivity index (χ1) is 13.1. The lowest BCUT2D eigenvalue weighted by Crippen LogP contribution is -2.27. The zero-order valence-electron chi connectivity index (χ0n) is 16.2. The molecule has 1 fully saturated rings. The normalized spacial score (nSPS) is 13.1. The van der Waals surface area contributed by atoms with E-state index in [0.29, 0.717) is 30.4 Å². The number of carbonyl (C=O) groups is 1. The predicted octanol–water partition coefficient (Wildman–Crippen LogP) is 3.49. The van der Waals surface area contributed by atoms with Gasteiger partial charge in [-0.15, -0.1) is 0 Å². The maximum absolute atomic E-state index is 12.2. The van der Waals surface area contributed by atoms with E-state index < -0.39 is 0 Å². The monoisotopic (exact) mass is 369 g/mol. The van der Waals surface area contributed by atoms with Crippen molar-refractivity contribution in [2.45, 2.75) is 31.6 Å². The van der Waals surface area contributed by atoms with Crippen LogP contribution in [-0.4, -0.2) is 33.8 Å². The molecule has 0 spiro atoms. The van der Waals surface area contributed by atoms with E-state index in [-0.39, 0.29) is 5.91 Å². The Morgan fingerprint density at radius 3 is 2.26 bits per heavy atom. The van der Waals surface area contributed by atoms with E-state index in [1.54, 1.807) is 21.3 Å². The van der Waals surface area contributed by atoms with E-state index in [1.165, 1.54) is 24.0 Å². The summed E-state index contributed by atoms with van der Waals surface area (Å²) in [4.78, 5) is 12.2. The average Bonchev–Trinajstić information content (AvgIpc) is 3.52. The Kier molecular flexibility index (Phi) is 6.22. The molecule has 27 heavy (non-hydrogen) atoms. The minimum Gasteiger partial charge on any atom is -0.496 e. The van der Waals surface area contributed by atoms with Crippen molar-refractivity contribution >= 4 is 5.91 Å². The van der Waals surface area contributed by atoms with Gasteiger partial charge in [0.15, 0.2) is 11.5 Å². The molecule has 1 amide bonds. The van der Waals surface area contributed by atoms with E-state index >= 15 is 0 Å². The lowest BCUT2D eigenvalue weighted by Gasteiger charge is -2.11. The van der Waals surface area contributed by atoms with Gasteiger partial charge < -0.3 is 19.5 Å². The number of hydrogen-bond acceptors (Lipinski definition) is 4. The molecule has 0 aromatic heterocycles. The fraction of sp³-hybridized carbons (Fsp3) is 0.409. The van der Waals surface area contributed by atoms with E-state index in [9.17, 15) is 4.79 Å². The molecule has 5 heteroatoms. The number of nitrogens with one attached hydrogen (secondary N) is 1. The predicted molar refractivity (Wildman–Crippen MR) is 105 cm³/mol. The molecule has 0 heterocycles. The molecule has 0 bridgehead atoms.